The number of nitrogens with one attached hydrogen (secondary N) is 1. The number of anilines is 1. The first-order chi connectivity index (χ1) is 12.0. The van der Waals surface area contributed by atoms with E-state index in [0.29, 0.717) is 11.1 Å². The van der Waals surface area contributed by atoms with Crippen LogP contribution in [0.2, 0.25) is 10.0 Å². The van der Waals surface area contributed by atoms with Gasteiger partial charge in [-0.05, 0) is 42.5 Å². The molecule has 0 aliphatic carbocycles. The van der Waals surface area contributed by atoms with E-state index < -0.39 is 44.7 Å². The van der Waals surface area contributed by atoms with Gasteiger partial charge in [0.2, 0.25) is 5.91 Å². The number of hydrogen-bond acceptors (Lipinski definition) is 3. The summed E-state index contributed by atoms with van der Waals surface area (Å²) in [4.78, 5) is 11.9. The molecule has 4 nitrogen and oxygen atoms in total. The molecule has 0 fully saturated rings. The maximum absolute atomic E-state index is 12.8. The Bertz CT molecular complexity index is 913. The minimum Gasteiger partial charge on any atom is -0.326 e. The Hall–Kier alpha value is -1.77. The summed E-state index contributed by atoms with van der Waals surface area (Å²) in [5, 5.41) is 2.10. The van der Waals surface area contributed by atoms with E-state index in [9.17, 15) is 26.4 Å². The smallest absolute Gasteiger partial charge is 0.326 e. The first-order valence-electron chi connectivity index (χ1n) is 7.14. The van der Waals surface area contributed by atoms with E-state index in [1.165, 1.54) is 30.3 Å². The lowest BCUT2D eigenvalue weighted by Crippen LogP contribution is -2.18. The molecule has 26 heavy (non-hydrogen) atoms. The second-order valence-corrected chi connectivity index (χ2v) is 8.22. The summed E-state index contributed by atoms with van der Waals surface area (Å²) in [6.45, 7) is 0. The maximum Gasteiger partial charge on any atom is 0.417 e. The van der Waals surface area contributed by atoms with Gasteiger partial charge in [0.1, 0.15) is 0 Å². The number of hydrogen-bond donors (Lipinski definition) is 1. The van der Waals surface area contributed by atoms with Crippen molar-refractivity contribution in [1.29, 1.82) is 0 Å². The Morgan fingerprint density at radius 3 is 2.23 bits per heavy atom. The third-order valence-electron chi connectivity index (χ3n) is 3.33. The molecule has 0 aromatic heterocycles. The molecule has 0 aliphatic heterocycles. The summed E-state index contributed by atoms with van der Waals surface area (Å²) >= 11 is 11.2. The molecule has 0 radical (unpaired) electrons. The molecule has 0 spiro atoms. The largest absolute Gasteiger partial charge is 0.417 e. The quantitative estimate of drug-likeness (QED) is 0.746. The van der Waals surface area contributed by atoms with Gasteiger partial charge in [-0.15, -0.1) is 0 Å². The van der Waals surface area contributed by atoms with E-state index in [-0.39, 0.29) is 10.6 Å². The Balaban J connectivity index is 2.04. The highest BCUT2D eigenvalue weighted by Gasteiger charge is 2.33. The SMILES string of the molecule is O=C(CCS(=O)(=O)c1ccc(Cl)cc1)Nc1ccc(Cl)c(C(F)(F)F)c1. The lowest BCUT2D eigenvalue weighted by molar-refractivity contribution is -0.137. The fourth-order valence-electron chi connectivity index (χ4n) is 2.03. The van der Waals surface area contributed by atoms with E-state index in [1.54, 1.807) is 0 Å². The molecular formula is C16H12Cl2F3NO3S. The summed E-state index contributed by atoms with van der Waals surface area (Å²) < 4.78 is 62.7. The molecule has 0 heterocycles. The van der Waals surface area contributed by atoms with E-state index >= 15 is 0 Å². The number of alkyl halides is 3. The lowest BCUT2D eigenvalue weighted by Gasteiger charge is -2.12. The van der Waals surface area contributed by atoms with E-state index in [1.807, 2.05) is 0 Å². The monoisotopic (exact) mass is 425 g/mol. The Kier molecular flexibility index (Phi) is 6.21. The number of halogens is 5. The second kappa shape index (κ2) is 7.85. The highest BCUT2D eigenvalue weighted by atomic mass is 35.5. The van der Waals surface area contributed by atoms with Crippen LogP contribution in [0.4, 0.5) is 18.9 Å². The highest BCUT2D eigenvalue weighted by Crippen LogP contribution is 2.36. The molecule has 1 amide bonds. The minimum absolute atomic E-state index is 0.000510. The zero-order chi connectivity index (χ0) is 19.5. The van der Waals surface area contributed by atoms with Crippen LogP contribution in [-0.2, 0) is 20.8 Å². The summed E-state index contributed by atoms with van der Waals surface area (Å²) in [7, 11) is -3.72. The van der Waals surface area contributed by atoms with Crippen LogP contribution in [0.3, 0.4) is 0 Å². The van der Waals surface area contributed by atoms with Crippen LogP contribution in [0, 0.1) is 0 Å². The summed E-state index contributed by atoms with van der Waals surface area (Å²) in [6.07, 6.45) is -5.09. The molecule has 2 aromatic rings. The summed E-state index contributed by atoms with van der Waals surface area (Å²) in [5.41, 5.74) is -1.22. The third-order valence-corrected chi connectivity index (χ3v) is 5.64. The molecule has 0 bridgehead atoms. The maximum atomic E-state index is 12.8. The first-order valence-corrected chi connectivity index (χ1v) is 9.55. The normalized spacial score (nSPS) is 12.0. The van der Waals surface area contributed by atoms with Gasteiger partial charge in [0.25, 0.3) is 0 Å². The predicted molar refractivity (Wildman–Crippen MR) is 93.2 cm³/mol. The van der Waals surface area contributed by atoms with Gasteiger partial charge in [0.15, 0.2) is 9.84 Å². The van der Waals surface area contributed by atoms with Crippen LogP contribution >= 0.6 is 23.2 Å². The van der Waals surface area contributed by atoms with Gasteiger partial charge in [-0.3, -0.25) is 4.79 Å². The molecule has 2 rings (SSSR count). The van der Waals surface area contributed by atoms with Crippen molar-refractivity contribution < 1.29 is 26.4 Å². The first kappa shape index (κ1) is 20.5. The molecule has 10 heteroatoms. The standard InChI is InChI=1S/C16H12Cl2F3NO3S/c17-10-1-4-12(5-2-10)26(24,25)8-7-15(23)22-11-3-6-14(18)13(9-11)16(19,20)21/h1-6,9H,7-8H2,(H,22,23). The average molecular weight is 426 g/mol. The summed E-state index contributed by atoms with van der Waals surface area (Å²) in [5.74, 6) is -1.24. The average Bonchev–Trinajstić information content (AvgIpc) is 2.54. The third kappa shape index (κ3) is 5.36. The number of carbonyl (C=O) groups excluding carboxylic acids is 1. The number of amides is 1. The molecular weight excluding hydrogens is 414 g/mol. The minimum atomic E-state index is -4.67. The van der Waals surface area contributed by atoms with Crippen molar-refractivity contribution in [1.82, 2.24) is 0 Å². The van der Waals surface area contributed by atoms with Gasteiger partial charge in [0.05, 0.1) is 21.2 Å². The van der Waals surface area contributed by atoms with Crippen molar-refractivity contribution in [2.45, 2.75) is 17.5 Å². The molecule has 1 N–H and O–H groups in total. The van der Waals surface area contributed by atoms with E-state index in [2.05, 4.69) is 5.32 Å². The summed E-state index contributed by atoms with van der Waals surface area (Å²) in [6, 6.07) is 8.32. The predicted octanol–water partition coefficient (Wildman–Crippen LogP) is 4.81. The van der Waals surface area contributed by atoms with Crippen molar-refractivity contribution in [2.75, 3.05) is 11.1 Å². The zero-order valence-electron chi connectivity index (χ0n) is 13.0. The van der Waals surface area contributed by atoms with Crippen molar-refractivity contribution in [3.05, 3.63) is 58.1 Å². The topological polar surface area (TPSA) is 63.2 Å². The molecule has 0 aliphatic rings. The van der Waals surface area contributed by atoms with Crippen LogP contribution in [0.1, 0.15) is 12.0 Å². The molecule has 0 atom stereocenters. The van der Waals surface area contributed by atoms with Gasteiger partial charge < -0.3 is 5.32 Å². The van der Waals surface area contributed by atoms with Crippen LogP contribution in [0.25, 0.3) is 0 Å². The van der Waals surface area contributed by atoms with Crippen molar-refractivity contribution in [3.63, 3.8) is 0 Å². The molecule has 0 saturated carbocycles. The number of benzene rings is 2. The van der Waals surface area contributed by atoms with Crippen molar-refractivity contribution in [3.8, 4) is 0 Å². The highest BCUT2D eigenvalue weighted by molar-refractivity contribution is 7.91. The van der Waals surface area contributed by atoms with Crippen LogP contribution in [0.15, 0.2) is 47.4 Å². The zero-order valence-corrected chi connectivity index (χ0v) is 15.3. The lowest BCUT2D eigenvalue weighted by atomic mass is 10.2. The van der Waals surface area contributed by atoms with Gasteiger partial charge in [-0.2, -0.15) is 13.2 Å². The number of sulfone groups is 1. The van der Waals surface area contributed by atoms with Gasteiger partial charge >= 0.3 is 6.18 Å². The van der Waals surface area contributed by atoms with Crippen LogP contribution < -0.4 is 5.32 Å². The number of carbonyl (C=O) groups is 1. The molecule has 0 unspecified atom stereocenters. The Labute approximate surface area is 157 Å². The van der Waals surface area contributed by atoms with E-state index in [0.717, 1.165) is 6.07 Å². The van der Waals surface area contributed by atoms with Crippen LogP contribution in [-0.4, -0.2) is 20.1 Å². The molecule has 2 aromatic carbocycles. The molecule has 140 valence electrons. The van der Waals surface area contributed by atoms with Crippen molar-refractivity contribution >= 4 is 44.6 Å². The van der Waals surface area contributed by atoms with Gasteiger partial charge in [-0.25, -0.2) is 8.42 Å². The second-order valence-electron chi connectivity index (χ2n) is 5.26. The van der Waals surface area contributed by atoms with Gasteiger partial charge in [-0.1, -0.05) is 23.2 Å². The Morgan fingerprint density at radius 2 is 1.65 bits per heavy atom. The van der Waals surface area contributed by atoms with E-state index in [4.69, 9.17) is 23.2 Å². The Morgan fingerprint density at radius 1 is 1.04 bits per heavy atom. The number of rotatable bonds is 5. The molecule has 0 saturated heterocycles. The fraction of sp³-hybridized carbons (Fsp3) is 0.188. The fourth-order valence-corrected chi connectivity index (χ4v) is 3.62. The van der Waals surface area contributed by atoms with Crippen LogP contribution in [0.5, 0.6) is 0 Å². The van der Waals surface area contributed by atoms with Gasteiger partial charge in [0, 0.05) is 17.1 Å². The van der Waals surface area contributed by atoms with Crippen molar-refractivity contribution in [2.24, 2.45) is 0 Å².